The molecule has 3 heterocycles. The SMILES string of the molecule is O=S(=O)(c1ccccc1)N1C[C@H]2[C@@H](c3ccccc31)[C@H](CO)N2Cc1ccc2c(c1)OCO2. The van der Waals surface area contributed by atoms with E-state index in [4.69, 9.17) is 9.47 Å². The number of hydrogen-bond donors (Lipinski definition) is 1. The van der Waals surface area contributed by atoms with Crippen LogP contribution in [-0.4, -0.2) is 50.5 Å². The molecule has 3 aromatic carbocycles. The Hall–Kier alpha value is -3.07. The Balaban J connectivity index is 1.36. The molecule has 0 spiro atoms. The predicted octanol–water partition coefficient (Wildman–Crippen LogP) is 2.95. The normalized spacial score (nSPS) is 23.5. The minimum absolute atomic E-state index is 0.00544. The number of nitrogens with zero attached hydrogens (tertiary/aromatic N) is 2. The van der Waals surface area contributed by atoms with Crippen molar-refractivity contribution in [2.75, 3.05) is 24.2 Å². The summed E-state index contributed by atoms with van der Waals surface area (Å²) in [6.07, 6.45) is 0. The average Bonchev–Trinajstić information content (AvgIpc) is 3.31. The Labute approximate surface area is 192 Å². The molecule has 0 unspecified atom stereocenters. The zero-order valence-corrected chi connectivity index (χ0v) is 18.7. The number of likely N-dealkylation sites (tertiary alicyclic amines) is 1. The van der Waals surface area contributed by atoms with E-state index in [-0.39, 0.29) is 36.3 Å². The molecule has 0 aromatic heterocycles. The molecule has 0 amide bonds. The fraction of sp³-hybridized carbons (Fsp3) is 0.280. The van der Waals surface area contributed by atoms with Crippen LogP contribution in [0.4, 0.5) is 5.69 Å². The lowest BCUT2D eigenvalue weighted by atomic mass is 9.72. The smallest absolute Gasteiger partial charge is 0.264 e. The fourth-order valence-electron chi connectivity index (χ4n) is 5.36. The molecular weight excluding hydrogens is 440 g/mol. The second-order valence-corrected chi connectivity index (χ2v) is 10.5. The molecule has 7 nitrogen and oxygen atoms in total. The highest BCUT2D eigenvalue weighted by atomic mass is 32.2. The van der Waals surface area contributed by atoms with E-state index < -0.39 is 10.0 Å². The van der Waals surface area contributed by atoms with E-state index in [1.165, 1.54) is 4.31 Å². The van der Waals surface area contributed by atoms with E-state index in [9.17, 15) is 13.5 Å². The Morgan fingerprint density at radius 3 is 2.52 bits per heavy atom. The van der Waals surface area contributed by atoms with Crippen molar-refractivity contribution in [3.8, 4) is 11.5 Å². The lowest BCUT2D eigenvalue weighted by Crippen LogP contribution is -2.68. The van der Waals surface area contributed by atoms with Gasteiger partial charge in [0.2, 0.25) is 6.79 Å². The van der Waals surface area contributed by atoms with E-state index >= 15 is 0 Å². The topological polar surface area (TPSA) is 79.3 Å². The summed E-state index contributed by atoms with van der Waals surface area (Å²) in [6, 6.07) is 21.9. The van der Waals surface area contributed by atoms with Crippen molar-refractivity contribution in [1.29, 1.82) is 0 Å². The van der Waals surface area contributed by atoms with Crippen molar-refractivity contribution in [2.45, 2.75) is 29.4 Å². The molecule has 3 aliphatic heterocycles. The molecule has 3 aromatic rings. The number of benzene rings is 3. The molecule has 3 aliphatic rings. The van der Waals surface area contributed by atoms with Crippen LogP contribution in [-0.2, 0) is 16.6 Å². The summed E-state index contributed by atoms with van der Waals surface area (Å²) in [5, 5.41) is 10.2. The number of sulfonamides is 1. The van der Waals surface area contributed by atoms with Gasteiger partial charge in [-0.05, 0) is 41.5 Å². The molecule has 8 heteroatoms. The maximum Gasteiger partial charge on any atom is 0.264 e. The average molecular weight is 465 g/mol. The molecule has 170 valence electrons. The summed E-state index contributed by atoms with van der Waals surface area (Å²) >= 11 is 0. The van der Waals surface area contributed by atoms with Crippen LogP contribution in [0.25, 0.3) is 0 Å². The Bertz CT molecular complexity index is 1300. The molecular formula is C25H24N2O5S. The largest absolute Gasteiger partial charge is 0.454 e. The molecule has 1 saturated heterocycles. The van der Waals surface area contributed by atoms with Gasteiger partial charge in [-0.25, -0.2) is 8.42 Å². The van der Waals surface area contributed by atoms with Gasteiger partial charge in [0.1, 0.15) is 0 Å². The van der Waals surface area contributed by atoms with Crippen LogP contribution in [0.2, 0.25) is 0 Å². The van der Waals surface area contributed by atoms with Crippen molar-refractivity contribution in [3.05, 3.63) is 83.9 Å². The van der Waals surface area contributed by atoms with Gasteiger partial charge in [-0.15, -0.1) is 0 Å². The zero-order chi connectivity index (χ0) is 22.6. The molecule has 6 rings (SSSR count). The Morgan fingerprint density at radius 2 is 1.70 bits per heavy atom. The number of para-hydroxylation sites is 1. The number of fused-ring (bicyclic) bond motifs is 4. The van der Waals surface area contributed by atoms with Crippen LogP contribution >= 0.6 is 0 Å². The summed E-state index contributed by atoms with van der Waals surface area (Å²) in [7, 11) is -3.72. The molecule has 0 aliphatic carbocycles. The van der Waals surface area contributed by atoms with Crippen LogP contribution in [0, 0.1) is 0 Å². The van der Waals surface area contributed by atoms with Gasteiger partial charge in [-0.3, -0.25) is 9.21 Å². The highest BCUT2D eigenvalue weighted by molar-refractivity contribution is 7.92. The first kappa shape index (κ1) is 20.5. The van der Waals surface area contributed by atoms with Crippen LogP contribution in [0.5, 0.6) is 11.5 Å². The number of ether oxygens (including phenoxy) is 2. The van der Waals surface area contributed by atoms with Crippen molar-refractivity contribution < 1.29 is 23.0 Å². The molecule has 0 bridgehead atoms. The summed E-state index contributed by atoms with van der Waals surface area (Å²) < 4.78 is 39.6. The third-order valence-corrected chi connectivity index (χ3v) is 8.71. The van der Waals surface area contributed by atoms with E-state index in [2.05, 4.69) is 4.90 Å². The number of hydrogen-bond acceptors (Lipinski definition) is 6. The van der Waals surface area contributed by atoms with Crippen molar-refractivity contribution >= 4 is 15.7 Å². The first-order valence-electron chi connectivity index (χ1n) is 11.0. The molecule has 3 atom stereocenters. The molecule has 0 saturated carbocycles. The van der Waals surface area contributed by atoms with Gasteiger partial charge in [0.05, 0.1) is 23.7 Å². The Morgan fingerprint density at radius 1 is 0.939 bits per heavy atom. The second kappa shape index (κ2) is 7.76. The van der Waals surface area contributed by atoms with Gasteiger partial charge in [-0.1, -0.05) is 42.5 Å². The maximum atomic E-state index is 13.6. The minimum Gasteiger partial charge on any atom is -0.454 e. The van der Waals surface area contributed by atoms with Gasteiger partial charge in [-0.2, -0.15) is 0 Å². The van der Waals surface area contributed by atoms with Gasteiger partial charge in [0.25, 0.3) is 10.0 Å². The highest BCUT2D eigenvalue weighted by Crippen LogP contribution is 2.50. The first-order chi connectivity index (χ1) is 16.1. The molecule has 1 fully saturated rings. The number of aliphatic hydroxyl groups excluding tert-OH is 1. The molecule has 33 heavy (non-hydrogen) atoms. The van der Waals surface area contributed by atoms with Crippen LogP contribution in [0.3, 0.4) is 0 Å². The van der Waals surface area contributed by atoms with E-state index in [0.29, 0.717) is 24.5 Å². The second-order valence-electron chi connectivity index (χ2n) is 8.61. The van der Waals surface area contributed by atoms with Gasteiger partial charge >= 0.3 is 0 Å². The lowest BCUT2D eigenvalue weighted by Gasteiger charge is -2.59. The third-order valence-electron chi connectivity index (χ3n) is 6.92. The molecule has 0 radical (unpaired) electrons. The fourth-order valence-corrected chi connectivity index (χ4v) is 6.89. The lowest BCUT2D eigenvalue weighted by molar-refractivity contribution is -0.0477. The summed E-state index contributed by atoms with van der Waals surface area (Å²) in [5.74, 6) is 1.51. The summed E-state index contributed by atoms with van der Waals surface area (Å²) in [4.78, 5) is 2.48. The van der Waals surface area contributed by atoms with Crippen LogP contribution in [0.1, 0.15) is 17.0 Å². The summed E-state index contributed by atoms with van der Waals surface area (Å²) in [6.45, 7) is 1.14. The van der Waals surface area contributed by atoms with Crippen LogP contribution < -0.4 is 13.8 Å². The highest BCUT2D eigenvalue weighted by Gasteiger charge is 2.54. The van der Waals surface area contributed by atoms with Crippen molar-refractivity contribution in [2.24, 2.45) is 0 Å². The first-order valence-corrected chi connectivity index (χ1v) is 12.4. The number of anilines is 1. The third kappa shape index (κ3) is 3.20. The zero-order valence-electron chi connectivity index (χ0n) is 17.9. The Kier molecular flexibility index (Phi) is 4.83. The standard InChI is InChI=1S/C25H24N2O5S/c28-15-22-25-19-8-4-5-9-20(19)27(33(29,30)18-6-2-1-3-7-18)14-21(25)26(22)13-17-10-11-23-24(12-17)32-16-31-23/h1-12,21-22,25,28H,13-16H2/t21-,22-,25+/m0/s1. The van der Waals surface area contributed by atoms with Gasteiger partial charge in [0.15, 0.2) is 11.5 Å². The number of rotatable bonds is 5. The number of aliphatic hydroxyl groups is 1. The van der Waals surface area contributed by atoms with Gasteiger partial charge in [0, 0.05) is 24.5 Å². The van der Waals surface area contributed by atoms with Crippen LogP contribution in [0.15, 0.2) is 77.7 Å². The monoisotopic (exact) mass is 464 g/mol. The van der Waals surface area contributed by atoms with E-state index in [1.807, 2.05) is 48.5 Å². The van der Waals surface area contributed by atoms with Gasteiger partial charge < -0.3 is 14.6 Å². The predicted molar refractivity (Wildman–Crippen MR) is 123 cm³/mol. The van der Waals surface area contributed by atoms with E-state index in [1.54, 1.807) is 24.3 Å². The summed E-state index contributed by atoms with van der Waals surface area (Å²) in [5.41, 5.74) is 2.70. The quantitative estimate of drug-likeness (QED) is 0.626. The van der Waals surface area contributed by atoms with Crippen molar-refractivity contribution in [1.82, 2.24) is 4.90 Å². The van der Waals surface area contributed by atoms with Crippen molar-refractivity contribution in [3.63, 3.8) is 0 Å². The minimum atomic E-state index is -3.72. The molecule has 1 N–H and O–H groups in total. The van der Waals surface area contributed by atoms with E-state index in [0.717, 1.165) is 16.9 Å². The maximum absolute atomic E-state index is 13.6.